The zero-order valence-corrected chi connectivity index (χ0v) is 12.5. The highest BCUT2D eigenvalue weighted by Crippen LogP contribution is 2.27. The lowest BCUT2D eigenvalue weighted by Gasteiger charge is -2.17. The van der Waals surface area contributed by atoms with Gasteiger partial charge < -0.3 is 5.73 Å². The summed E-state index contributed by atoms with van der Waals surface area (Å²) < 4.78 is 24.6. The summed E-state index contributed by atoms with van der Waals surface area (Å²) in [4.78, 5) is 0. The number of aryl methyl sites for hydroxylation is 2. The molecule has 1 saturated carbocycles. The van der Waals surface area contributed by atoms with Crippen molar-refractivity contribution in [3.8, 4) is 0 Å². The lowest BCUT2D eigenvalue weighted by atomic mass is 10.0. The molecule has 1 aliphatic rings. The normalized spacial score (nSPS) is 18.7. The minimum atomic E-state index is -3.06. The monoisotopic (exact) mass is 281 g/mol. The summed E-state index contributed by atoms with van der Waals surface area (Å²) in [5.41, 5.74) is 9.29. The maximum Gasteiger partial charge on any atom is 0.155 e. The van der Waals surface area contributed by atoms with E-state index in [2.05, 4.69) is 6.07 Å². The molecule has 0 spiro atoms. The molecule has 1 fully saturated rings. The first kappa shape index (κ1) is 14.5. The smallest absolute Gasteiger partial charge is 0.155 e. The van der Waals surface area contributed by atoms with Gasteiger partial charge in [0, 0.05) is 6.04 Å². The minimum absolute atomic E-state index is 0.0700. The van der Waals surface area contributed by atoms with Crippen molar-refractivity contribution in [2.45, 2.75) is 50.8 Å². The van der Waals surface area contributed by atoms with E-state index in [1.807, 2.05) is 26.0 Å². The zero-order chi connectivity index (χ0) is 14.0. The van der Waals surface area contributed by atoms with Gasteiger partial charge in [-0.1, -0.05) is 42.2 Å². The highest BCUT2D eigenvalue weighted by Gasteiger charge is 2.30. The summed E-state index contributed by atoms with van der Waals surface area (Å²) in [7, 11) is -3.06. The van der Waals surface area contributed by atoms with E-state index in [1.165, 1.54) is 0 Å². The Morgan fingerprint density at radius 2 is 1.68 bits per heavy atom. The van der Waals surface area contributed by atoms with E-state index in [0.29, 0.717) is 0 Å². The molecule has 0 saturated heterocycles. The maximum absolute atomic E-state index is 12.3. The third kappa shape index (κ3) is 3.57. The van der Waals surface area contributed by atoms with Gasteiger partial charge in [-0.15, -0.1) is 0 Å². The van der Waals surface area contributed by atoms with Gasteiger partial charge >= 0.3 is 0 Å². The Morgan fingerprint density at radius 1 is 1.16 bits per heavy atom. The Bertz CT molecular complexity index is 525. The Kier molecular flexibility index (Phi) is 4.31. The summed E-state index contributed by atoms with van der Waals surface area (Å²) in [5, 5.41) is -0.163. The van der Waals surface area contributed by atoms with Crippen molar-refractivity contribution in [1.82, 2.24) is 0 Å². The van der Waals surface area contributed by atoms with Crippen LogP contribution < -0.4 is 5.73 Å². The van der Waals surface area contributed by atoms with Gasteiger partial charge in [-0.05, 0) is 32.3 Å². The van der Waals surface area contributed by atoms with Gasteiger partial charge in [0.15, 0.2) is 9.84 Å². The molecule has 106 valence electrons. The Balaban J connectivity index is 2.13. The third-order valence-electron chi connectivity index (χ3n) is 3.89. The molecule has 2 N–H and O–H groups in total. The Morgan fingerprint density at radius 3 is 2.21 bits per heavy atom. The van der Waals surface area contributed by atoms with Crippen LogP contribution in [0.3, 0.4) is 0 Å². The minimum Gasteiger partial charge on any atom is -0.323 e. The molecule has 1 unspecified atom stereocenters. The second-order valence-electron chi connectivity index (χ2n) is 5.76. The first-order valence-corrected chi connectivity index (χ1v) is 8.65. The molecule has 1 aromatic rings. The molecule has 0 aromatic heterocycles. The van der Waals surface area contributed by atoms with E-state index < -0.39 is 15.9 Å². The van der Waals surface area contributed by atoms with E-state index in [-0.39, 0.29) is 11.0 Å². The Hall–Kier alpha value is -0.870. The molecule has 1 aliphatic carbocycles. The van der Waals surface area contributed by atoms with Crippen LogP contribution in [0.1, 0.15) is 48.4 Å². The predicted octanol–water partition coefficient (Wildman–Crippen LogP) is 2.66. The van der Waals surface area contributed by atoms with Gasteiger partial charge in [-0.25, -0.2) is 8.42 Å². The van der Waals surface area contributed by atoms with E-state index in [0.717, 1.165) is 42.4 Å². The third-order valence-corrected chi connectivity index (χ3v) is 6.20. The van der Waals surface area contributed by atoms with Crippen LogP contribution in [0, 0.1) is 13.8 Å². The van der Waals surface area contributed by atoms with Crippen LogP contribution >= 0.6 is 0 Å². The molecule has 1 atom stereocenters. The molecule has 19 heavy (non-hydrogen) atoms. The molecule has 0 heterocycles. The molecular weight excluding hydrogens is 258 g/mol. The summed E-state index contributed by atoms with van der Waals surface area (Å²) >= 11 is 0. The average Bonchev–Trinajstić information content (AvgIpc) is 2.80. The van der Waals surface area contributed by atoms with Gasteiger partial charge in [0.25, 0.3) is 0 Å². The molecule has 0 radical (unpaired) electrons. The number of hydrogen-bond acceptors (Lipinski definition) is 3. The fraction of sp³-hybridized carbons (Fsp3) is 0.600. The van der Waals surface area contributed by atoms with Gasteiger partial charge in [0.1, 0.15) is 0 Å². The van der Waals surface area contributed by atoms with Crippen molar-refractivity contribution >= 4 is 9.84 Å². The van der Waals surface area contributed by atoms with Crippen LogP contribution in [0.2, 0.25) is 0 Å². The first-order chi connectivity index (χ1) is 8.88. The summed E-state index contributed by atoms with van der Waals surface area (Å²) in [6.07, 6.45) is 3.68. The first-order valence-electron chi connectivity index (χ1n) is 6.94. The highest BCUT2D eigenvalue weighted by atomic mass is 32.2. The van der Waals surface area contributed by atoms with Crippen molar-refractivity contribution in [2.75, 3.05) is 5.75 Å². The van der Waals surface area contributed by atoms with E-state index in [9.17, 15) is 8.42 Å². The van der Waals surface area contributed by atoms with Crippen molar-refractivity contribution in [3.63, 3.8) is 0 Å². The summed E-state index contributed by atoms with van der Waals surface area (Å²) in [6.45, 7) is 4.02. The molecule has 0 amide bonds. The number of nitrogens with two attached hydrogens (primary N) is 1. The molecular formula is C15H23NO2S. The molecule has 4 heteroatoms. The second kappa shape index (κ2) is 5.63. The van der Waals surface area contributed by atoms with E-state index in [1.54, 1.807) is 0 Å². The van der Waals surface area contributed by atoms with Gasteiger partial charge in [-0.3, -0.25) is 0 Å². The van der Waals surface area contributed by atoms with Crippen LogP contribution in [0.4, 0.5) is 0 Å². The van der Waals surface area contributed by atoms with Gasteiger partial charge in [0.2, 0.25) is 0 Å². The lowest BCUT2D eigenvalue weighted by Crippen LogP contribution is -2.28. The molecule has 0 bridgehead atoms. The van der Waals surface area contributed by atoms with Crippen molar-refractivity contribution in [1.29, 1.82) is 0 Å². The van der Waals surface area contributed by atoms with Crippen molar-refractivity contribution < 1.29 is 8.42 Å². The van der Waals surface area contributed by atoms with Gasteiger partial charge in [0.05, 0.1) is 11.0 Å². The predicted molar refractivity (Wildman–Crippen MR) is 78.9 cm³/mol. The average molecular weight is 281 g/mol. The number of rotatable bonds is 4. The fourth-order valence-corrected chi connectivity index (χ4v) is 4.97. The van der Waals surface area contributed by atoms with Crippen LogP contribution in [-0.4, -0.2) is 19.4 Å². The van der Waals surface area contributed by atoms with Crippen LogP contribution in [0.25, 0.3) is 0 Å². The van der Waals surface area contributed by atoms with E-state index in [4.69, 9.17) is 5.73 Å². The fourth-order valence-electron chi connectivity index (χ4n) is 2.95. The Labute approximate surface area is 116 Å². The van der Waals surface area contributed by atoms with Crippen LogP contribution in [0.15, 0.2) is 18.2 Å². The van der Waals surface area contributed by atoms with E-state index >= 15 is 0 Å². The summed E-state index contributed by atoms with van der Waals surface area (Å²) in [6, 6.07) is 5.63. The number of hydrogen-bond donors (Lipinski definition) is 1. The quantitative estimate of drug-likeness (QED) is 0.923. The largest absolute Gasteiger partial charge is 0.323 e. The summed E-state index contributed by atoms with van der Waals surface area (Å²) in [5.74, 6) is 0.0700. The lowest BCUT2D eigenvalue weighted by molar-refractivity contribution is 0.572. The highest BCUT2D eigenvalue weighted by molar-refractivity contribution is 7.92. The standard InChI is InChI=1S/C15H23NO2S/c1-11-7-12(2)9-13(8-11)15(16)10-19(17,18)14-5-3-4-6-14/h7-9,14-15H,3-6,10,16H2,1-2H3. The van der Waals surface area contributed by atoms with Crippen LogP contribution in [0.5, 0.6) is 0 Å². The number of sulfone groups is 1. The zero-order valence-electron chi connectivity index (χ0n) is 11.7. The molecule has 3 nitrogen and oxygen atoms in total. The van der Waals surface area contributed by atoms with Crippen LogP contribution in [-0.2, 0) is 9.84 Å². The number of benzene rings is 1. The van der Waals surface area contributed by atoms with Crippen molar-refractivity contribution in [2.24, 2.45) is 5.73 Å². The maximum atomic E-state index is 12.3. The topological polar surface area (TPSA) is 60.2 Å². The molecule has 1 aromatic carbocycles. The second-order valence-corrected chi connectivity index (χ2v) is 8.09. The van der Waals surface area contributed by atoms with Crippen molar-refractivity contribution in [3.05, 3.63) is 34.9 Å². The SMILES string of the molecule is Cc1cc(C)cc(C(N)CS(=O)(=O)C2CCCC2)c1. The molecule has 0 aliphatic heterocycles. The molecule has 2 rings (SSSR count). The van der Waals surface area contributed by atoms with Gasteiger partial charge in [-0.2, -0.15) is 0 Å².